The number of likely N-dealkylation sites (N-methyl/N-ethyl adjacent to an activating group) is 1. The molecule has 0 radical (unpaired) electrons. The summed E-state index contributed by atoms with van der Waals surface area (Å²) < 4.78 is 0. The lowest BCUT2D eigenvalue weighted by Crippen LogP contribution is -2.32. The first-order chi connectivity index (χ1) is 6.13. The highest BCUT2D eigenvalue weighted by molar-refractivity contribution is 5.25. The van der Waals surface area contributed by atoms with Crippen LogP contribution in [-0.4, -0.2) is 25.0 Å². The molecule has 0 aliphatic heterocycles. The third kappa shape index (κ3) is 3.00. The van der Waals surface area contributed by atoms with Gasteiger partial charge in [0.15, 0.2) is 0 Å². The zero-order chi connectivity index (χ0) is 9.84. The fraction of sp³-hybridized carbons (Fsp3) is 0.667. The van der Waals surface area contributed by atoms with Gasteiger partial charge in [-0.05, 0) is 33.4 Å². The Balaban J connectivity index is 2.26. The Bertz CT molecular complexity index is 213. The SMILES string of the molecule is C=C(CCC)CC1=CC(N(C)C)C1. The van der Waals surface area contributed by atoms with Gasteiger partial charge >= 0.3 is 0 Å². The Labute approximate surface area is 82.1 Å². The molecule has 0 aromatic rings. The molecule has 1 heteroatoms. The molecule has 0 aromatic carbocycles. The second kappa shape index (κ2) is 4.61. The van der Waals surface area contributed by atoms with Crippen LogP contribution in [0.5, 0.6) is 0 Å². The summed E-state index contributed by atoms with van der Waals surface area (Å²) in [6.07, 6.45) is 7.17. The third-order valence-electron chi connectivity index (χ3n) is 2.64. The Hall–Kier alpha value is -0.560. The molecule has 0 amide bonds. The van der Waals surface area contributed by atoms with Crippen LogP contribution in [0.25, 0.3) is 0 Å². The van der Waals surface area contributed by atoms with E-state index in [1.54, 1.807) is 5.57 Å². The van der Waals surface area contributed by atoms with Crippen LogP contribution in [0, 0.1) is 0 Å². The number of hydrogen-bond acceptors (Lipinski definition) is 1. The van der Waals surface area contributed by atoms with Crippen molar-refractivity contribution in [3.8, 4) is 0 Å². The molecule has 0 heterocycles. The van der Waals surface area contributed by atoms with Crippen LogP contribution in [0.3, 0.4) is 0 Å². The summed E-state index contributed by atoms with van der Waals surface area (Å²) in [5.41, 5.74) is 2.98. The average molecular weight is 179 g/mol. The van der Waals surface area contributed by atoms with Gasteiger partial charge in [0.05, 0.1) is 0 Å². The summed E-state index contributed by atoms with van der Waals surface area (Å²) in [5.74, 6) is 0. The number of rotatable bonds is 5. The van der Waals surface area contributed by atoms with E-state index >= 15 is 0 Å². The van der Waals surface area contributed by atoms with Crippen molar-refractivity contribution in [2.75, 3.05) is 14.1 Å². The van der Waals surface area contributed by atoms with Gasteiger partial charge in [0, 0.05) is 6.04 Å². The lowest BCUT2D eigenvalue weighted by molar-refractivity contribution is 0.316. The summed E-state index contributed by atoms with van der Waals surface area (Å²) in [6.45, 7) is 6.29. The minimum absolute atomic E-state index is 0.685. The van der Waals surface area contributed by atoms with Gasteiger partial charge in [-0.3, -0.25) is 0 Å². The zero-order valence-electron chi connectivity index (χ0n) is 9.14. The predicted molar refractivity (Wildman–Crippen MR) is 58.8 cm³/mol. The molecule has 0 aromatic heterocycles. The monoisotopic (exact) mass is 179 g/mol. The highest BCUT2D eigenvalue weighted by Gasteiger charge is 2.20. The molecule has 1 atom stereocenters. The highest BCUT2D eigenvalue weighted by atomic mass is 15.1. The van der Waals surface area contributed by atoms with Gasteiger partial charge in [-0.25, -0.2) is 0 Å². The molecule has 1 aliphatic rings. The smallest absolute Gasteiger partial charge is 0.0312 e. The highest BCUT2D eigenvalue weighted by Crippen LogP contribution is 2.28. The van der Waals surface area contributed by atoms with Gasteiger partial charge < -0.3 is 4.90 Å². The van der Waals surface area contributed by atoms with E-state index in [0.717, 1.165) is 6.42 Å². The largest absolute Gasteiger partial charge is 0.303 e. The van der Waals surface area contributed by atoms with Crippen LogP contribution < -0.4 is 0 Å². The zero-order valence-corrected chi connectivity index (χ0v) is 9.14. The number of hydrogen-bond donors (Lipinski definition) is 0. The summed E-state index contributed by atoms with van der Waals surface area (Å²) in [7, 11) is 4.28. The maximum atomic E-state index is 4.08. The van der Waals surface area contributed by atoms with Crippen molar-refractivity contribution in [1.29, 1.82) is 0 Å². The van der Waals surface area contributed by atoms with Crippen LogP contribution in [0.4, 0.5) is 0 Å². The predicted octanol–water partition coefficient (Wildman–Crippen LogP) is 2.99. The summed E-state index contributed by atoms with van der Waals surface area (Å²) in [6, 6.07) is 0.685. The van der Waals surface area contributed by atoms with Crippen LogP contribution in [0.15, 0.2) is 23.8 Å². The first kappa shape index (κ1) is 10.5. The average Bonchev–Trinajstić information content (AvgIpc) is 1.95. The second-order valence-corrected chi connectivity index (χ2v) is 4.24. The van der Waals surface area contributed by atoms with Crippen LogP contribution >= 0.6 is 0 Å². The molecular formula is C12H21N. The quantitative estimate of drug-likeness (QED) is 0.586. The van der Waals surface area contributed by atoms with Crippen LogP contribution in [0.1, 0.15) is 32.6 Å². The lowest BCUT2D eigenvalue weighted by atomic mass is 9.87. The molecule has 0 saturated heterocycles. The third-order valence-corrected chi connectivity index (χ3v) is 2.64. The Morgan fingerprint density at radius 1 is 1.62 bits per heavy atom. The topological polar surface area (TPSA) is 3.24 Å². The van der Waals surface area contributed by atoms with Crippen molar-refractivity contribution in [3.63, 3.8) is 0 Å². The van der Waals surface area contributed by atoms with Gasteiger partial charge in [-0.15, -0.1) is 0 Å². The van der Waals surface area contributed by atoms with Crippen molar-refractivity contribution in [2.24, 2.45) is 0 Å². The van der Waals surface area contributed by atoms with E-state index in [9.17, 15) is 0 Å². The molecule has 1 rings (SSSR count). The molecule has 0 N–H and O–H groups in total. The Morgan fingerprint density at radius 3 is 2.69 bits per heavy atom. The standard InChI is InChI=1S/C12H21N/c1-5-6-10(2)7-11-8-12(9-11)13(3)4/h8,12H,2,5-7,9H2,1,3-4H3. The van der Waals surface area contributed by atoms with E-state index in [-0.39, 0.29) is 0 Å². The lowest BCUT2D eigenvalue weighted by Gasteiger charge is -2.31. The molecular weight excluding hydrogens is 158 g/mol. The first-order valence-corrected chi connectivity index (χ1v) is 5.16. The van der Waals surface area contributed by atoms with Gasteiger partial charge in [0.25, 0.3) is 0 Å². The second-order valence-electron chi connectivity index (χ2n) is 4.24. The minimum Gasteiger partial charge on any atom is -0.303 e. The van der Waals surface area contributed by atoms with Crippen molar-refractivity contribution < 1.29 is 0 Å². The van der Waals surface area contributed by atoms with E-state index in [4.69, 9.17) is 0 Å². The molecule has 1 nitrogen and oxygen atoms in total. The normalized spacial score (nSPS) is 21.2. The summed E-state index contributed by atoms with van der Waals surface area (Å²) >= 11 is 0. The Morgan fingerprint density at radius 2 is 2.23 bits per heavy atom. The molecule has 0 spiro atoms. The first-order valence-electron chi connectivity index (χ1n) is 5.16. The van der Waals surface area contributed by atoms with Crippen molar-refractivity contribution in [2.45, 2.75) is 38.6 Å². The fourth-order valence-corrected chi connectivity index (χ4v) is 1.73. The van der Waals surface area contributed by atoms with Gasteiger partial charge in [0.2, 0.25) is 0 Å². The van der Waals surface area contributed by atoms with Crippen molar-refractivity contribution >= 4 is 0 Å². The Kier molecular flexibility index (Phi) is 3.73. The number of allylic oxidation sites excluding steroid dienone is 1. The van der Waals surface area contributed by atoms with Crippen molar-refractivity contribution in [1.82, 2.24) is 4.90 Å². The van der Waals surface area contributed by atoms with E-state index in [2.05, 4.69) is 38.6 Å². The molecule has 1 aliphatic carbocycles. The minimum atomic E-state index is 0.685. The van der Waals surface area contributed by atoms with E-state index < -0.39 is 0 Å². The molecule has 74 valence electrons. The van der Waals surface area contributed by atoms with Crippen molar-refractivity contribution in [3.05, 3.63) is 23.8 Å². The van der Waals surface area contributed by atoms with Crippen LogP contribution in [-0.2, 0) is 0 Å². The molecule has 0 saturated carbocycles. The summed E-state index contributed by atoms with van der Waals surface area (Å²) in [5, 5.41) is 0. The maximum absolute atomic E-state index is 4.08. The maximum Gasteiger partial charge on any atom is 0.0312 e. The molecule has 13 heavy (non-hydrogen) atoms. The molecule has 0 bridgehead atoms. The van der Waals surface area contributed by atoms with Gasteiger partial charge in [-0.1, -0.05) is 37.1 Å². The van der Waals surface area contributed by atoms with Crippen LogP contribution in [0.2, 0.25) is 0 Å². The summed E-state index contributed by atoms with van der Waals surface area (Å²) in [4.78, 5) is 2.27. The molecule has 1 unspecified atom stereocenters. The van der Waals surface area contributed by atoms with E-state index in [1.165, 1.54) is 24.8 Å². The van der Waals surface area contributed by atoms with Gasteiger partial charge in [-0.2, -0.15) is 0 Å². The number of nitrogens with zero attached hydrogens (tertiary/aromatic N) is 1. The van der Waals surface area contributed by atoms with E-state index in [1.807, 2.05) is 0 Å². The molecule has 0 fully saturated rings. The fourth-order valence-electron chi connectivity index (χ4n) is 1.73. The van der Waals surface area contributed by atoms with E-state index in [0.29, 0.717) is 6.04 Å². The van der Waals surface area contributed by atoms with Gasteiger partial charge in [0.1, 0.15) is 0 Å².